The van der Waals surface area contributed by atoms with Crippen LogP contribution in [0.15, 0.2) is 12.1 Å². The van der Waals surface area contributed by atoms with Gasteiger partial charge in [0, 0.05) is 40.5 Å². The molecular formula is C13H19F2NOS. The van der Waals surface area contributed by atoms with Crippen LogP contribution in [-0.4, -0.2) is 22.3 Å². The van der Waals surface area contributed by atoms with Crippen LogP contribution in [-0.2, 0) is 10.8 Å². The monoisotopic (exact) mass is 275 g/mol. The van der Waals surface area contributed by atoms with Crippen molar-refractivity contribution in [2.24, 2.45) is 0 Å². The topological polar surface area (TPSA) is 29.1 Å². The number of halogens is 2. The van der Waals surface area contributed by atoms with E-state index in [0.29, 0.717) is 29.2 Å². The SMILES string of the molecule is CCS(=O)CCNC(C)c1cc(F)c(C)cc1F. The van der Waals surface area contributed by atoms with E-state index in [1.54, 1.807) is 6.92 Å². The third-order valence-corrected chi connectivity index (χ3v) is 4.15. The van der Waals surface area contributed by atoms with Gasteiger partial charge in [-0.25, -0.2) is 8.78 Å². The molecule has 0 heterocycles. The molecule has 0 spiro atoms. The lowest BCUT2D eigenvalue weighted by Crippen LogP contribution is -2.25. The summed E-state index contributed by atoms with van der Waals surface area (Å²) in [5.41, 5.74) is 0.607. The zero-order valence-electron chi connectivity index (χ0n) is 10.9. The standard InChI is InChI=1S/C13H19F2NOS/c1-4-18(17)6-5-16-10(3)11-8-12(14)9(2)7-13(11)15/h7-8,10,16H,4-6H2,1-3H3. The van der Waals surface area contributed by atoms with Crippen LogP contribution in [0.4, 0.5) is 8.78 Å². The summed E-state index contributed by atoms with van der Waals surface area (Å²) in [4.78, 5) is 0. The Morgan fingerprint density at radius 1 is 1.33 bits per heavy atom. The Bertz CT molecular complexity index is 437. The van der Waals surface area contributed by atoms with Crippen LogP contribution in [0, 0.1) is 18.6 Å². The van der Waals surface area contributed by atoms with Crippen molar-refractivity contribution in [3.63, 3.8) is 0 Å². The van der Waals surface area contributed by atoms with Gasteiger partial charge < -0.3 is 5.32 Å². The fraction of sp³-hybridized carbons (Fsp3) is 0.538. The number of aryl methyl sites for hydroxylation is 1. The van der Waals surface area contributed by atoms with Crippen molar-refractivity contribution < 1.29 is 13.0 Å². The molecule has 1 aromatic rings. The first-order valence-electron chi connectivity index (χ1n) is 5.99. The van der Waals surface area contributed by atoms with E-state index in [4.69, 9.17) is 0 Å². The molecule has 0 saturated carbocycles. The number of hydrogen-bond acceptors (Lipinski definition) is 2. The molecule has 18 heavy (non-hydrogen) atoms. The number of benzene rings is 1. The van der Waals surface area contributed by atoms with Crippen LogP contribution in [0.1, 0.15) is 31.0 Å². The minimum atomic E-state index is -0.844. The molecule has 0 amide bonds. The van der Waals surface area contributed by atoms with Crippen molar-refractivity contribution in [1.29, 1.82) is 0 Å². The molecule has 102 valence electrons. The van der Waals surface area contributed by atoms with E-state index in [-0.39, 0.29) is 6.04 Å². The first-order valence-corrected chi connectivity index (χ1v) is 7.48. The summed E-state index contributed by atoms with van der Waals surface area (Å²) < 4.78 is 38.3. The Balaban J connectivity index is 2.64. The maximum absolute atomic E-state index is 13.7. The number of hydrogen-bond donors (Lipinski definition) is 1. The average Bonchev–Trinajstić information content (AvgIpc) is 2.33. The highest BCUT2D eigenvalue weighted by Crippen LogP contribution is 2.20. The second-order valence-electron chi connectivity index (χ2n) is 4.23. The van der Waals surface area contributed by atoms with Gasteiger partial charge in [0.25, 0.3) is 0 Å². The minimum Gasteiger partial charge on any atom is -0.309 e. The second kappa shape index (κ2) is 6.95. The number of nitrogens with one attached hydrogen (secondary N) is 1. The van der Waals surface area contributed by atoms with Crippen LogP contribution in [0.3, 0.4) is 0 Å². The van der Waals surface area contributed by atoms with Crippen molar-refractivity contribution in [2.75, 3.05) is 18.1 Å². The molecule has 2 atom stereocenters. The molecule has 2 nitrogen and oxygen atoms in total. The predicted octanol–water partition coefficient (Wildman–Crippen LogP) is 2.69. The maximum atomic E-state index is 13.7. The number of rotatable bonds is 6. The molecule has 0 bridgehead atoms. The summed E-state index contributed by atoms with van der Waals surface area (Å²) in [5, 5.41) is 3.05. The highest BCUT2D eigenvalue weighted by Gasteiger charge is 2.13. The van der Waals surface area contributed by atoms with E-state index in [2.05, 4.69) is 5.32 Å². The Morgan fingerprint density at radius 2 is 2.00 bits per heavy atom. The van der Waals surface area contributed by atoms with Crippen LogP contribution in [0.25, 0.3) is 0 Å². The molecule has 0 aliphatic carbocycles. The highest BCUT2D eigenvalue weighted by atomic mass is 32.2. The van der Waals surface area contributed by atoms with Crippen LogP contribution in [0.2, 0.25) is 0 Å². The van der Waals surface area contributed by atoms with E-state index in [1.165, 1.54) is 19.1 Å². The van der Waals surface area contributed by atoms with Crippen molar-refractivity contribution in [2.45, 2.75) is 26.8 Å². The van der Waals surface area contributed by atoms with Gasteiger partial charge in [0.05, 0.1) is 0 Å². The third-order valence-electron chi connectivity index (χ3n) is 2.85. The normalized spacial score (nSPS) is 14.5. The minimum absolute atomic E-state index is 0.297. The zero-order chi connectivity index (χ0) is 13.7. The lowest BCUT2D eigenvalue weighted by atomic mass is 10.1. The summed E-state index contributed by atoms with van der Waals surface area (Å²) in [6.07, 6.45) is 0. The van der Waals surface area contributed by atoms with Crippen molar-refractivity contribution in [1.82, 2.24) is 5.32 Å². The van der Waals surface area contributed by atoms with Gasteiger partial charge in [-0.3, -0.25) is 4.21 Å². The van der Waals surface area contributed by atoms with E-state index < -0.39 is 22.4 Å². The van der Waals surface area contributed by atoms with Crippen LogP contribution in [0.5, 0.6) is 0 Å². The van der Waals surface area contributed by atoms with E-state index in [0.717, 1.165) is 0 Å². The van der Waals surface area contributed by atoms with Crippen molar-refractivity contribution in [3.8, 4) is 0 Å². The largest absolute Gasteiger partial charge is 0.309 e. The summed E-state index contributed by atoms with van der Waals surface area (Å²) in [5.74, 6) is 0.322. The zero-order valence-corrected chi connectivity index (χ0v) is 11.7. The summed E-state index contributed by atoms with van der Waals surface area (Å²) in [7, 11) is -0.844. The Kier molecular flexibility index (Phi) is 5.88. The van der Waals surface area contributed by atoms with Gasteiger partial charge in [0.15, 0.2) is 0 Å². The molecule has 0 radical (unpaired) electrons. The fourth-order valence-corrected chi connectivity index (χ4v) is 2.27. The van der Waals surface area contributed by atoms with Gasteiger partial charge in [-0.2, -0.15) is 0 Å². The Hall–Kier alpha value is -0.810. The molecule has 0 aromatic heterocycles. The lowest BCUT2D eigenvalue weighted by Gasteiger charge is -2.15. The lowest BCUT2D eigenvalue weighted by molar-refractivity contribution is 0.527. The van der Waals surface area contributed by atoms with Gasteiger partial charge in [0.2, 0.25) is 0 Å². The predicted molar refractivity (Wildman–Crippen MR) is 71.1 cm³/mol. The third kappa shape index (κ3) is 4.14. The summed E-state index contributed by atoms with van der Waals surface area (Å²) >= 11 is 0. The Labute approximate surface area is 109 Å². The molecular weight excluding hydrogens is 256 g/mol. The first-order chi connectivity index (χ1) is 8.45. The first kappa shape index (κ1) is 15.2. The van der Waals surface area contributed by atoms with Gasteiger partial charge in [0.1, 0.15) is 11.6 Å². The smallest absolute Gasteiger partial charge is 0.128 e. The quantitative estimate of drug-likeness (QED) is 0.865. The summed E-state index contributed by atoms with van der Waals surface area (Å²) in [6.45, 7) is 5.68. The highest BCUT2D eigenvalue weighted by molar-refractivity contribution is 7.84. The molecule has 0 fully saturated rings. The maximum Gasteiger partial charge on any atom is 0.128 e. The van der Waals surface area contributed by atoms with E-state index in [9.17, 15) is 13.0 Å². The molecule has 2 unspecified atom stereocenters. The molecule has 1 rings (SSSR count). The van der Waals surface area contributed by atoms with Crippen molar-refractivity contribution in [3.05, 3.63) is 34.9 Å². The molecule has 1 aromatic carbocycles. The van der Waals surface area contributed by atoms with Gasteiger partial charge in [-0.15, -0.1) is 0 Å². The second-order valence-corrected chi connectivity index (χ2v) is 6.10. The molecule has 1 N–H and O–H groups in total. The molecule has 0 saturated heterocycles. The van der Waals surface area contributed by atoms with Crippen LogP contribution < -0.4 is 5.32 Å². The van der Waals surface area contributed by atoms with E-state index >= 15 is 0 Å². The fourth-order valence-electron chi connectivity index (χ4n) is 1.64. The van der Waals surface area contributed by atoms with Gasteiger partial charge in [-0.05, 0) is 31.5 Å². The van der Waals surface area contributed by atoms with Gasteiger partial charge >= 0.3 is 0 Å². The Morgan fingerprint density at radius 3 is 2.61 bits per heavy atom. The summed E-state index contributed by atoms with van der Waals surface area (Å²) in [6, 6.07) is 2.13. The van der Waals surface area contributed by atoms with Crippen LogP contribution >= 0.6 is 0 Å². The van der Waals surface area contributed by atoms with E-state index in [1.807, 2.05) is 6.92 Å². The molecule has 0 aliphatic rings. The molecule has 5 heteroatoms. The molecule has 0 aliphatic heterocycles. The average molecular weight is 275 g/mol. The van der Waals surface area contributed by atoms with Gasteiger partial charge in [-0.1, -0.05) is 6.92 Å². The van der Waals surface area contributed by atoms with Crippen molar-refractivity contribution >= 4 is 10.8 Å².